The molecular weight excluding hydrogens is 350 g/mol. The fourth-order valence-corrected chi connectivity index (χ4v) is 3.90. The molecule has 1 atom stereocenters. The van der Waals surface area contributed by atoms with Crippen LogP contribution in [0.2, 0.25) is 0 Å². The van der Waals surface area contributed by atoms with Gasteiger partial charge in [0.05, 0.1) is 10.5 Å². The van der Waals surface area contributed by atoms with Crippen LogP contribution in [-0.2, 0) is 16.2 Å². The largest absolute Gasteiger partial charge is 0.293 e. The van der Waals surface area contributed by atoms with E-state index in [0.717, 1.165) is 23.4 Å². The second-order valence-corrected chi connectivity index (χ2v) is 6.57. The summed E-state index contributed by atoms with van der Waals surface area (Å²) in [7, 11) is 0. The highest BCUT2D eigenvalue weighted by Gasteiger charge is 2.44. The van der Waals surface area contributed by atoms with Crippen LogP contribution in [-0.4, -0.2) is 22.8 Å². The van der Waals surface area contributed by atoms with Crippen molar-refractivity contribution in [1.29, 1.82) is 0 Å². The lowest BCUT2D eigenvalue weighted by Gasteiger charge is -2.35. The van der Waals surface area contributed by atoms with Crippen LogP contribution in [0.25, 0.3) is 0 Å². The van der Waals surface area contributed by atoms with Gasteiger partial charge in [-0.3, -0.25) is 19.7 Å². The average Bonchev–Trinajstić information content (AvgIpc) is 2.64. The first-order valence-corrected chi connectivity index (χ1v) is 8.49. The van der Waals surface area contributed by atoms with E-state index in [2.05, 4.69) is 5.32 Å². The summed E-state index contributed by atoms with van der Waals surface area (Å²) in [6, 6.07) is 8.90. The quantitative estimate of drug-likeness (QED) is 0.851. The molecule has 0 saturated carbocycles. The SMILES string of the molecule is O=C1c2cc(F)c(F)c3c2C(NCS3)C(=O)N1OCc1ccccc1. The van der Waals surface area contributed by atoms with E-state index in [0.29, 0.717) is 5.06 Å². The van der Waals surface area contributed by atoms with Gasteiger partial charge in [0.1, 0.15) is 12.6 Å². The lowest BCUT2D eigenvalue weighted by molar-refractivity contribution is -0.177. The number of hydroxylamine groups is 2. The number of imide groups is 1. The Morgan fingerprint density at radius 1 is 1.24 bits per heavy atom. The maximum absolute atomic E-state index is 14.0. The molecule has 0 fully saturated rings. The van der Waals surface area contributed by atoms with Crippen LogP contribution in [0, 0.1) is 11.6 Å². The van der Waals surface area contributed by atoms with Crippen LogP contribution in [0.5, 0.6) is 0 Å². The summed E-state index contributed by atoms with van der Waals surface area (Å²) in [4.78, 5) is 30.6. The highest BCUT2D eigenvalue weighted by molar-refractivity contribution is 7.99. The van der Waals surface area contributed by atoms with Crippen LogP contribution in [0.1, 0.15) is 27.5 Å². The highest BCUT2D eigenvalue weighted by atomic mass is 32.2. The molecule has 0 aliphatic carbocycles. The number of thioether (sulfide) groups is 1. The molecule has 2 amide bonds. The molecule has 0 aromatic heterocycles. The Morgan fingerprint density at radius 3 is 2.76 bits per heavy atom. The van der Waals surface area contributed by atoms with Crippen molar-refractivity contribution >= 4 is 23.6 Å². The number of benzene rings is 2. The Hall–Kier alpha value is -2.29. The molecule has 4 rings (SSSR count). The van der Waals surface area contributed by atoms with Crippen LogP contribution in [0.15, 0.2) is 41.3 Å². The fourth-order valence-electron chi connectivity index (χ4n) is 2.89. The topological polar surface area (TPSA) is 58.6 Å². The van der Waals surface area contributed by atoms with Crippen LogP contribution in [0.3, 0.4) is 0 Å². The number of hydrogen-bond donors (Lipinski definition) is 1. The summed E-state index contributed by atoms with van der Waals surface area (Å²) < 4.78 is 27.9. The van der Waals surface area contributed by atoms with E-state index in [9.17, 15) is 18.4 Å². The molecule has 1 N–H and O–H groups in total. The van der Waals surface area contributed by atoms with Gasteiger partial charge >= 0.3 is 0 Å². The Morgan fingerprint density at radius 2 is 2.00 bits per heavy atom. The van der Waals surface area contributed by atoms with E-state index in [1.807, 2.05) is 6.07 Å². The van der Waals surface area contributed by atoms with E-state index < -0.39 is 29.5 Å². The normalized spacial score (nSPS) is 19.1. The lowest BCUT2D eigenvalue weighted by Crippen LogP contribution is -2.50. The van der Waals surface area contributed by atoms with E-state index in [1.54, 1.807) is 24.3 Å². The Bertz CT molecular complexity index is 876. The second kappa shape index (κ2) is 6.21. The highest BCUT2D eigenvalue weighted by Crippen LogP contribution is 2.41. The van der Waals surface area contributed by atoms with E-state index >= 15 is 0 Å². The first kappa shape index (κ1) is 16.2. The molecule has 0 saturated heterocycles. The molecule has 25 heavy (non-hydrogen) atoms. The average molecular weight is 362 g/mol. The summed E-state index contributed by atoms with van der Waals surface area (Å²) in [5, 5.41) is 3.54. The molecule has 0 radical (unpaired) electrons. The van der Waals surface area contributed by atoms with Gasteiger partial charge in [0.2, 0.25) is 0 Å². The van der Waals surface area contributed by atoms with E-state index in [1.165, 1.54) is 0 Å². The van der Waals surface area contributed by atoms with E-state index in [-0.39, 0.29) is 28.5 Å². The van der Waals surface area contributed by atoms with Gasteiger partial charge < -0.3 is 0 Å². The third-order valence-corrected chi connectivity index (χ3v) is 5.07. The molecule has 2 aromatic rings. The van der Waals surface area contributed by atoms with Gasteiger partial charge in [0.25, 0.3) is 11.8 Å². The van der Waals surface area contributed by atoms with E-state index in [4.69, 9.17) is 4.84 Å². The van der Waals surface area contributed by atoms with Crippen LogP contribution in [0.4, 0.5) is 8.78 Å². The fraction of sp³-hybridized carbons (Fsp3) is 0.176. The molecule has 2 aliphatic heterocycles. The van der Waals surface area contributed by atoms with Crippen molar-refractivity contribution < 1.29 is 23.2 Å². The minimum absolute atomic E-state index is 0.00293. The third-order valence-electron chi connectivity index (χ3n) is 4.07. The van der Waals surface area contributed by atoms with Crippen LogP contribution >= 0.6 is 11.8 Å². The van der Waals surface area contributed by atoms with Gasteiger partial charge in [-0.15, -0.1) is 16.8 Å². The molecule has 2 aromatic carbocycles. The third kappa shape index (κ3) is 2.62. The van der Waals surface area contributed by atoms with Crippen molar-refractivity contribution in [1.82, 2.24) is 10.4 Å². The van der Waals surface area contributed by atoms with Crippen molar-refractivity contribution in [3.63, 3.8) is 0 Å². The van der Waals surface area contributed by atoms with Crippen molar-refractivity contribution in [2.45, 2.75) is 17.5 Å². The van der Waals surface area contributed by atoms with Gasteiger partial charge in [-0.2, -0.15) is 0 Å². The van der Waals surface area contributed by atoms with Gasteiger partial charge in [-0.25, -0.2) is 8.78 Å². The minimum atomic E-state index is -1.12. The molecule has 0 bridgehead atoms. The Balaban J connectivity index is 1.71. The number of rotatable bonds is 3. The molecule has 2 aliphatic rings. The first-order valence-electron chi connectivity index (χ1n) is 7.51. The maximum atomic E-state index is 14.0. The smallest absolute Gasteiger partial charge is 0.285 e. The van der Waals surface area contributed by atoms with Gasteiger partial charge in [0, 0.05) is 11.4 Å². The Kier molecular flexibility index (Phi) is 4.03. The predicted octanol–water partition coefficient (Wildman–Crippen LogP) is 2.77. The van der Waals surface area contributed by atoms with Gasteiger partial charge in [-0.1, -0.05) is 30.3 Å². The summed E-state index contributed by atoms with van der Waals surface area (Å²) >= 11 is 1.02. The molecule has 0 spiro atoms. The lowest BCUT2D eigenvalue weighted by atomic mass is 9.94. The van der Waals surface area contributed by atoms with Gasteiger partial charge in [0.15, 0.2) is 11.6 Å². The number of nitrogens with one attached hydrogen (secondary N) is 1. The zero-order valence-electron chi connectivity index (χ0n) is 12.8. The minimum Gasteiger partial charge on any atom is -0.293 e. The standard InChI is InChI=1S/C17H12F2N2O3S/c18-11-6-10-12-14(20-8-25-15(12)13(11)19)17(23)21(16(10)22)24-7-9-4-2-1-3-5-9/h1-6,14,20H,7-8H2. The first-order chi connectivity index (χ1) is 12.1. The number of nitrogens with zero attached hydrogens (tertiary/aromatic N) is 1. The Labute approximate surface area is 145 Å². The number of carbonyl (C=O) groups excluding carboxylic acids is 2. The monoisotopic (exact) mass is 362 g/mol. The molecule has 2 heterocycles. The number of halogens is 2. The summed E-state index contributed by atoms with van der Waals surface area (Å²) in [5.41, 5.74) is 0.892. The van der Waals surface area contributed by atoms with Crippen molar-refractivity contribution in [3.8, 4) is 0 Å². The second-order valence-electron chi connectivity index (χ2n) is 5.59. The summed E-state index contributed by atoms with van der Waals surface area (Å²) in [5.74, 6) is -3.36. The number of hydrogen-bond acceptors (Lipinski definition) is 5. The van der Waals surface area contributed by atoms with Gasteiger partial charge in [-0.05, 0) is 11.6 Å². The molecule has 5 nitrogen and oxygen atoms in total. The maximum Gasteiger partial charge on any atom is 0.285 e. The number of carbonyl (C=O) groups is 2. The molecular formula is C17H12F2N2O3S. The zero-order chi connectivity index (χ0) is 17.6. The van der Waals surface area contributed by atoms with Crippen molar-refractivity contribution in [3.05, 3.63) is 64.7 Å². The predicted molar refractivity (Wildman–Crippen MR) is 85.4 cm³/mol. The molecule has 8 heteroatoms. The molecule has 1 unspecified atom stereocenters. The number of amides is 2. The van der Waals surface area contributed by atoms with Crippen LogP contribution < -0.4 is 5.32 Å². The van der Waals surface area contributed by atoms with Crippen molar-refractivity contribution in [2.24, 2.45) is 0 Å². The summed E-state index contributed by atoms with van der Waals surface area (Å²) in [6.07, 6.45) is 0. The zero-order valence-corrected chi connectivity index (χ0v) is 13.6. The summed E-state index contributed by atoms with van der Waals surface area (Å²) in [6.45, 7) is 0.00561. The van der Waals surface area contributed by atoms with Crippen molar-refractivity contribution in [2.75, 3.05) is 5.88 Å². The molecule has 128 valence electrons.